The van der Waals surface area contributed by atoms with Crippen molar-refractivity contribution in [1.29, 1.82) is 0 Å². The highest BCUT2D eigenvalue weighted by molar-refractivity contribution is 7.47. The highest BCUT2D eigenvalue weighted by Gasteiger charge is 2.57. The number of hydrogen-bond donors (Lipinski definition) is 3. The van der Waals surface area contributed by atoms with Crippen molar-refractivity contribution in [2.75, 3.05) is 6.61 Å². The Morgan fingerprint density at radius 3 is 2.70 bits per heavy atom. The molecular formula is C9H11N2O8P. The SMILES string of the molecule is O=c1ccn([C@H]2O[C@H](CO)[C@H]3OP(=O)(O)O[C@@H]32)c(=O)[nH]1. The number of aliphatic hydroxyl groups excluding tert-OH is 1. The van der Waals surface area contributed by atoms with Crippen LogP contribution in [0.15, 0.2) is 21.9 Å². The number of aliphatic hydroxyl groups is 1. The molecular weight excluding hydrogens is 295 g/mol. The highest BCUT2D eigenvalue weighted by Crippen LogP contribution is 2.58. The van der Waals surface area contributed by atoms with Gasteiger partial charge in [-0.1, -0.05) is 0 Å². The van der Waals surface area contributed by atoms with Gasteiger partial charge in [-0.25, -0.2) is 9.36 Å². The van der Waals surface area contributed by atoms with E-state index in [9.17, 15) is 24.2 Å². The molecule has 3 heterocycles. The molecule has 0 saturated carbocycles. The lowest BCUT2D eigenvalue weighted by Gasteiger charge is -2.18. The van der Waals surface area contributed by atoms with Crippen molar-refractivity contribution in [2.24, 2.45) is 0 Å². The Labute approximate surface area is 111 Å². The van der Waals surface area contributed by atoms with E-state index in [1.165, 1.54) is 6.20 Å². The Morgan fingerprint density at radius 2 is 2.05 bits per heavy atom. The zero-order valence-electron chi connectivity index (χ0n) is 9.91. The topological polar surface area (TPSA) is 140 Å². The molecule has 11 heteroatoms. The number of fused-ring (bicyclic) bond motifs is 1. The normalized spacial score (nSPS) is 39.9. The smallest absolute Gasteiger partial charge is 0.394 e. The third-order valence-corrected chi connectivity index (χ3v) is 4.12. The highest BCUT2D eigenvalue weighted by atomic mass is 31.2. The maximum absolute atomic E-state index is 11.7. The van der Waals surface area contributed by atoms with E-state index < -0.39 is 50.2 Å². The lowest BCUT2D eigenvalue weighted by Crippen LogP contribution is -2.36. The second-order valence-corrected chi connectivity index (χ2v) is 5.73. The van der Waals surface area contributed by atoms with Gasteiger partial charge in [-0.3, -0.25) is 23.4 Å². The average molecular weight is 306 g/mol. The van der Waals surface area contributed by atoms with Gasteiger partial charge in [0.05, 0.1) is 6.61 Å². The molecule has 5 atom stereocenters. The first-order valence-electron chi connectivity index (χ1n) is 5.69. The number of H-pyrrole nitrogens is 1. The summed E-state index contributed by atoms with van der Waals surface area (Å²) in [7, 11) is -4.23. The number of phosphoric acid groups is 1. The van der Waals surface area contributed by atoms with E-state index >= 15 is 0 Å². The second kappa shape index (κ2) is 4.62. The van der Waals surface area contributed by atoms with Crippen molar-refractivity contribution in [3.8, 4) is 0 Å². The first kappa shape index (κ1) is 13.7. The van der Waals surface area contributed by atoms with Crippen LogP contribution in [0.5, 0.6) is 0 Å². The fourth-order valence-corrected chi connectivity index (χ4v) is 3.42. The minimum absolute atomic E-state index is 0.473. The standard InChI is InChI=1S/C9H11N2O8P/c12-3-4-6-7(19-20(15,16)18-6)8(17-4)11-2-1-5(13)10-9(11)14/h1-2,4,6-8,12H,3H2,(H,15,16)(H,10,13,14)/t4-,6-,7+,8+/m1/s1. The molecule has 1 unspecified atom stereocenters. The summed E-state index contributed by atoms with van der Waals surface area (Å²) in [5.41, 5.74) is -1.35. The fourth-order valence-electron chi connectivity index (χ4n) is 2.28. The van der Waals surface area contributed by atoms with Gasteiger partial charge in [0.25, 0.3) is 5.56 Å². The van der Waals surface area contributed by atoms with Crippen molar-refractivity contribution in [1.82, 2.24) is 9.55 Å². The summed E-state index contributed by atoms with van der Waals surface area (Å²) in [6, 6.07) is 1.10. The zero-order chi connectivity index (χ0) is 14.5. The van der Waals surface area contributed by atoms with Gasteiger partial charge in [0.2, 0.25) is 0 Å². The number of hydrogen-bond acceptors (Lipinski definition) is 7. The van der Waals surface area contributed by atoms with Crippen molar-refractivity contribution in [3.63, 3.8) is 0 Å². The Bertz CT molecular complexity index is 683. The molecule has 0 radical (unpaired) electrons. The molecule has 3 N–H and O–H groups in total. The number of phosphoric ester groups is 1. The van der Waals surface area contributed by atoms with Gasteiger partial charge in [0, 0.05) is 12.3 Å². The minimum Gasteiger partial charge on any atom is -0.394 e. The number of rotatable bonds is 2. The number of aromatic nitrogens is 2. The maximum Gasteiger partial charge on any atom is 0.473 e. The lowest BCUT2D eigenvalue weighted by atomic mass is 10.1. The first-order chi connectivity index (χ1) is 9.41. The van der Waals surface area contributed by atoms with Gasteiger partial charge in [-0.15, -0.1) is 0 Å². The Balaban J connectivity index is 2.00. The van der Waals surface area contributed by atoms with E-state index in [-0.39, 0.29) is 0 Å². The van der Waals surface area contributed by atoms with Crippen molar-refractivity contribution < 1.29 is 28.3 Å². The van der Waals surface area contributed by atoms with E-state index in [1.807, 2.05) is 4.98 Å². The molecule has 110 valence electrons. The van der Waals surface area contributed by atoms with Crippen LogP contribution in [-0.2, 0) is 18.3 Å². The van der Waals surface area contributed by atoms with Crippen molar-refractivity contribution >= 4 is 7.82 Å². The van der Waals surface area contributed by atoms with Crippen LogP contribution >= 0.6 is 7.82 Å². The number of ether oxygens (including phenoxy) is 1. The van der Waals surface area contributed by atoms with Crippen molar-refractivity contribution in [2.45, 2.75) is 24.5 Å². The predicted octanol–water partition coefficient (Wildman–Crippen LogP) is -1.69. The Kier molecular flexibility index (Phi) is 3.16. The average Bonchev–Trinajstić information content (AvgIpc) is 2.83. The summed E-state index contributed by atoms with van der Waals surface area (Å²) in [4.78, 5) is 34.1. The third kappa shape index (κ3) is 2.16. The first-order valence-corrected chi connectivity index (χ1v) is 7.18. The molecule has 2 aliphatic rings. The molecule has 1 aromatic heterocycles. The number of nitrogens with one attached hydrogen (secondary N) is 1. The summed E-state index contributed by atoms with van der Waals surface area (Å²) >= 11 is 0. The quantitative estimate of drug-likeness (QED) is 0.550. The summed E-state index contributed by atoms with van der Waals surface area (Å²) in [5, 5.41) is 9.18. The van der Waals surface area contributed by atoms with Crippen LogP contribution in [0.4, 0.5) is 0 Å². The molecule has 0 aromatic carbocycles. The summed E-state index contributed by atoms with van der Waals surface area (Å²) in [5.74, 6) is 0. The van der Waals surface area contributed by atoms with Gasteiger partial charge in [0.15, 0.2) is 6.23 Å². The summed E-state index contributed by atoms with van der Waals surface area (Å²) in [6.45, 7) is -0.473. The van der Waals surface area contributed by atoms with Gasteiger partial charge in [-0.2, -0.15) is 0 Å². The van der Waals surface area contributed by atoms with Crippen LogP contribution in [0.25, 0.3) is 0 Å². The Morgan fingerprint density at radius 1 is 1.35 bits per heavy atom. The third-order valence-electron chi connectivity index (χ3n) is 3.10. The van der Waals surface area contributed by atoms with Crippen LogP contribution < -0.4 is 11.2 Å². The largest absolute Gasteiger partial charge is 0.473 e. The number of aromatic amines is 1. The van der Waals surface area contributed by atoms with Crippen LogP contribution in [0.3, 0.4) is 0 Å². The van der Waals surface area contributed by atoms with E-state index in [1.54, 1.807) is 0 Å². The monoisotopic (exact) mass is 306 g/mol. The minimum atomic E-state index is -4.23. The molecule has 2 aliphatic heterocycles. The molecule has 10 nitrogen and oxygen atoms in total. The fraction of sp³-hybridized carbons (Fsp3) is 0.556. The molecule has 0 spiro atoms. The summed E-state index contributed by atoms with van der Waals surface area (Å²) in [6.07, 6.45) is -2.82. The molecule has 0 bridgehead atoms. The molecule has 3 rings (SSSR count). The lowest BCUT2D eigenvalue weighted by molar-refractivity contribution is -0.0624. The van der Waals surface area contributed by atoms with Gasteiger partial charge < -0.3 is 14.7 Å². The van der Waals surface area contributed by atoms with Gasteiger partial charge in [0.1, 0.15) is 18.3 Å². The predicted molar refractivity (Wildman–Crippen MR) is 61.9 cm³/mol. The summed E-state index contributed by atoms with van der Waals surface area (Å²) < 4.78 is 27.5. The van der Waals surface area contributed by atoms with Crippen LogP contribution in [0.2, 0.25) is 0 Å². The second-order valence-electron chi connectivity index (χ2n) is 4.37. The molecule has 1 aromatic rings. The van der Waals surface area contributed by atoms with E-state index in [2.05, 4.69) is 0 Å². The molecule has 0 amide bonds. The zero-order valence-corrected chi connectivity index (χ0v) is 10.8. The van der Waals surface area contributed by atoms with Crippen LogP contribution in [0, 0.1) is 0 Å². The Hall–Kier alpha value is -1.29. The van der Waals surface area contributed by atoms with E-state index in [0.717, 1.165) is 10.6 Å². The van der Waals surface area contributed by atoms with E-state index in [4.69, 9.17) is 13.8 Å². The van der Waals surface area contributed by atoms with Gasteiger partial charge in [-0.05, 0) is 0 Å². The maximum atomic E-state index is 11.7. The van der Waals surface area contributed by atoms with Crippen molar-refractivity contribution in [3.05, 3.63) is 33.1 Å². The van der Waals surface area contributed by atoms with Crippen LogP contribution in [0.1, 0.15) is 6.23 Å². The van der Waals surface area contributed by atoms with E-state index in [0.29, 0.717) is 0 Å². The molecule has 2 saturated heterocycles. The molecule has 20 heavy (non-hydrogen) atoms. The van der Waals surface area contributed by atoms with Gasteiger partial charge >= 0.3 is 13.5 Å². The molecule has 2 fully saturated rings. The molecule has 0 aliphatic carbocycles. The number of nitrogens with zero attached hydrogens (tertiary/aromatic N) is 1. The van der Waals surface area contributed by atoms with Crippen LogP contribution in [-0.4, -0.2) is 44.5 Å².